The number of aromatic nitrogens is 1. The van der Waals surface area contributed by atoms with Gasteiger partial charge in [0.05, 0.1) is 5.69 Å². The van der Waals surface area contributed by atoms with Crippen LogP contribution < -0.4 is 4.31 Å². The molecule has 0 bridgehead atoms. The lowest BCUT2D eigenvalue weighted by atomic mass is 10.4. The van der Waals surface area contributed by atoms with Gasteiger partial charge in [-0.15, -0.1) is 0 Å². The van der Waals surface area contributed by atoms with E-state index in [2.05, 4.69) is 20.9 Å². The number of nitrogens with zero attached hydrogens (tertiary/aromatic N) is 2. The van der Waals surface area contributed by atoms with E-state index in [-0.39, 0.29) is 4.66 Å². The fraction of sp³-hybridized carbons (Fsp3) is 0.286. The quantitative estimate of drug-likeness (QED) is 0.771. The van der Waals surface area contributed by atoms with Crippen molar-refractivity contribution >= 4 is 31.6 Å². The van der Waals surface area contributed by atoms with Gasteiger partial charge in [-0.05, 0) is 12.1 Å². The Bertz CT molecular complexity index is 365. The molecule has 0 saturated heterocycles. The zero-order valence-electron chi connectivity index (χ0n) is 7.01. The summed E-state index contributed by atoms with van der Waals surface area (Å²) in [6, 6.07) is 3.28. The molecule has 0 fully saturated rings. The molecule has 0 radical (unpaired) electrons. The van der Waals surface area contributed by atoms with Crippen LogP contribution in [0.3, 0.4) is 0 Å². The molecule has 1 aromatic heterocycles. The molecule has 0 aromatic carbocycles. The number of halogens is 1. The van der Waals surface area contributed by atoms with Crippen molar-refractivity contribution in [1.82, 2.24) is 4.98 Å². The van der Waals surface area contributed by atoms with Gasteiger partial charge >= 0.3 is 0 Å². The standard InChI is InChI=1S/C7H9BrN2O2S/c1-10(13(11,12)6-8)7-2-4-9-5-3-7/h2-5H,6H2,1H3. The van der Waals surface area contributed by atoms with Crippen molar-refractivity contribution in [1.29, 1.82) is 0 Å². The molecule has 0 aliphatic heterocycles. The van der Waals surface area contributed by atoms with Gasteiger partial charge in [0.25, 0.3) is 0 Å². The molecule has 0 atom stereocenters. The SMILES string of the molecule is CN(c1ccncc1)S(=O)(=O)CBr. The smallest absolute Gasteiger partial charge is 0.244 e. The molecule has 1 rings (SSSR count). The fourth-order valence-corrected chi connectivity index (χ4v) is 2.30. The molecule has 1 heterocycles. The number of alkyl halides is 1. The molecule has 72 valence electrons. The molecule has 0 amide bonds. The summed E-state index contributed by atoms with van der Waals surface area (Å²) in [4.78, 5) is 3.80. The van der Waals surface area contributed by atoms with Gasteiger partial charge in [-0.25, -0.2) is 8.42 Å². The van der Waals surface area contributed by atoms with Crippen molar-refractivity contribution in [2.24, 2.45) is 0 Å². The molecular weight excluding hydrogens is 256 g/mol. The lowest BCUT2D eigenvalue weighted by Crippen LogP contribution is -2.26. The first-order valence-electron chi connectivity index (χ1n) is 3.50. The fourth-order valence-electron chi connectivity index (χ4n) is 0.788. The van der Waals surface area contributed by atoms with E-state index in [9.17, 15) is 8.42 Å². The van der Waals surface area contributed by atoms with Crippen LogP contribution in [0, 0.1) is 0 Å². The second-order valence-corrected chi connectivity index (χ2v) is 5.70. The average Bonchev–Trinajstić information content (AvgIpc) is 2.18. The first-order valence-corrected chi connectivity index (χ1v) is 6.23. The van der Waals surface area contributed by atoms with Crippen LogP contribution in [-0.4, -0.2) is 25.1 Å². The Hall–Kier alpha value is -0.620. The van der Waals surface area contributed by atoms with Crippen molar-refractivity contribution < 1.29 is 8.42 Å². The lowest BCUT2D eigenvalue weighted by molar-refractivity contribution is 0.599. The van der Waals surface area contributed by atoms with Crippen molar-refractivity contribution in [3.8, 4) is 0 Å². The minimum atomic E-state index is -3.23. The van der Waals surface area contributed by atoms with E-state index in [1.165, 1.54) is 11.4 Å². The summed E-state index contributed by atoms with van der Waals surface area (Å²) in [5, 5.41) is 0. The summed E-state index contributed by atoms with van der Waals surface area (Å²) in [6.45, 7) is 0. The number of hydrogen-bond acceptors (Lipinski definition) is 3. The molecule has 6 heteroatoms. The van der Waals surface area contributed by atoms with Crippen LogP contribution >= 0.6 is 15.9 Å². The molecule has 1 aromatic rings. The largest absolute Gasteiger partial charge is 0.273 e. The Morgan fingerprint density at radius 3 is 2.46 bits per heavy atom. The van der Waals surface area contributed by atoms with Crippen molar-refractivity contribution in [2.75, 3.05) is 16.0 Å². The maximum atomic E-state index is 11.4. The van der Waals surface area contributed by atoms with E-state index in [4.69, 9.17) is 0 Å². The van der Waals surface area contributed by atoms with Gasteiger partial charge in [0.2, 0.25) is 10.0 Å². The monoisotopic (exact) mass is 264 g/mol. The number of sulfonamides is 1. The molecule has 0 unspecified atom stereocenters. The molecule has 0 N–H and O–H groups in total. The third-order valence-corrected chi connectivity index (χ3v) is 4.64. The minimum Gasteiger partial charge on any atom is -0.273 e. The maximum absolute atomic E-state index is 11.4. The molecular formula is C7H9BrN2O2S. The Balaban J connectivity index is 2.99. The molecule has 0 saturated carbocycles. The van der Waals surface area contributed by atoms with Crippen LogP contribution in [0.1, 0.15) is 0 Å². The number of rotatable bonds is 3. The highest BCUT2D eigenvalue weighted by Gasteiger charge is 2.15. The van der Waals surface area contributed by atoms with E-state index in [0.717, 1.165) is 0 Å². The first kappa shape index (κ1) is 10.5. The minimum absolute atomic E-state index is 0.0845. The summed E-state index contributed by atoms with van der Waals surface area (Å²) in [7, 11) is -1.72. The van der Waals surface area contributed by atoms with E-state index in [0.29, 0.717) is 5.69 Å². The highest BCUT2D eigenvalue weighted by atomic mass is 79.9. The topological polar surface area (TPSA) is 50.3 Å². The highest BCUT2D eigenvalue weighted by Crippen LogP contribution is 2.15. The van der Waals surface area contributed by atoms with Gasteiger partial charge in [-0.2, -0.15) is 0 Å². The Morgan fingerprint density at radius 1 is 1.46 bits per heavy atom. The molecule has 4 nitrogen and oxygen atoms in total. The Morgan fingerprint density at radius 2 is 2.00 bits per heavy atom. The second-order valence-electron chi connectivity index (χ2n) is 2.39. The van der Waals surface area contributed by atoms with Gasteiger partial charge in [-0.3, -0.25) is 9.29 Å². The van der Waals surface area contributed by atoms with Crippen LogP contribution in [0.15, 0.2) is 24.5 Å². The first-order chi connectivity index (χ1) is 6.08. The zero-order chi connectivity index (χ0) is 9.90. The van der Waals surface area contributed by atoms with Crippen LogP contribution in [0.25, 0.3) is 0 Å². The van der Waals surface area contributed by atoms with E-state index in [1.54, 1.807) is 24.5 Å². The Kier molecular flexibility index (Phi) is 3.27. The average molecular weight is 265 g/mol. The summed E-state index contributed by atoms with van der Waals surface area (Å²) in [5.41, 5.74) is 0.606. The molecule has 13 heavy (non-hydrogen) atoms. The summed E-state index contributed by atoms with van der Waals surface area (Å²) < 4.78 is 23.8. The molecule has 0 aliphatic rings. The summed E-state index contributed by atoms with van der Waals surface area (Å²) in [5.74, 6) is 0. The maximum Gasteiger partial charge on any atom is 0.244 e. The van der Waals surface area contributed by atoms with Crippen LogP contribution in [0.2, 0.25) is 0 Å². The van der Waals surface area contributed by atoms with E-state index < -0.39 is 10.0 Å². The predicted molar refractivity (Wildman–Crippen MR) is 55.4 cm³/mol. The van der Waals surface area contributed by atoms with Crippen molar-refractivity contribution in [3.05, 3.63) is 24.5 Å². The van der Waals surface area contributed by atoms with E-state index >= 15 is 0 Å². The van der Waals surface area contributed by atoms with Crippen molar-refractivity contribution in [3.63, 3.8) is 0 Å². The van der Waals surface area contributed by atoms with Crippen LogP contribution in [0.4, 0.5) is 5.69 Å². The van der Waals surface area contributed by atoms with Gasteiger partial charge in [0.1, 0.15) is 4.66 Å². The highest BCUT2D eigenvalue weighted by molar-refractivity contribution is 9.10. The zero-order valence-corrected chi connectivity index (χ0v) is 9.42. The molecule has 0 spiro atoms. The van der Waals surface area contributed by atoms with Gasteiger partial charge < -0.3 is 0 Å². The third-order valence-electron chi connectivity index (χ3n) is 1.58. The summed E-state index contributed by atoms with van der Waals surface area (Å²) in [6.07, 6.45) is 3.10. The van der Waals surface area contributed by atoms with Gasteiger partial charge in [-0.1, -0.05) is 15.9 Å². The predicted octanol–water partition coefficient (Wildman–Crippen LogP) is 1.20. The normalized spacial score (nSPS) is 11.2. The second kappa shape index (κ2) is 4.06. The van der Waals surface area contributed by atoms with E-state index in [1.807, 2.05) is 0 Å². The summed E-state index contributed by atoms with van der Waals surface area (Å²) >= 11 is 2.92. The third kappa shape index (κ3) is 2.41. The number of pyridine rings is 1. The number of anilines is 1. The Labute approximate surface area is 85.8 Å². The van der Waals surface area contributed by atoms with Gasteiger partial charge in [0, 0.05) is 19.4 Å². The number of hydrogen-bond donors (Lipinski definition) is 0. The lowest BCUT2D eigenvalue weighted by Gasteiger charge is -2.17. The van der Waals surface area contributed by atoms with Crippen molar-refractivity contribution in [2.45, 2.75) is 0 Å². The molecule has 0 aliphatic carbocycles. The van der Waals surface area contributed by atoms with Gasteiger partial charge in [0.15, 0.2) is 0 Å². The van der Waals surface area contributed by atoms with Crippen LogP contribution in [0.5, 0.6) is 0 Å². The van der Waals surface area contributed by atoms with Crippen LogP contribution in [-0.2, 0) is 10.0 Å².